The van der Waals surface area contributed by atoms with Crippen molar-refractivity contribution in [2.75, 3.05) is 0 Å². The van der Waals surface area contributed by atoms with Crippen molar-refractivity contribution in [1.82, 2.24) is 4.57 Å². The number of ether oxygens (including phenoxy) is 1. The van der Waals surface area contributed by atoms with Crippen LogP contribution >= 0.6 is 0 Å². The van der Waals surface area contributed by atoms with Gasteiger partial charge in [0.25, 0.3) is 11.1 Å². The molecule has 0 saturated carbocycles. The lowest BCUT2D eigenvalue weighted by Gasteiger charge is -2.15. The number of carbonyl (C=O) groups is 1. The van der Waals surface area contributed by atoms with Gasteiger partial charge < -0.3 is 9.15 Å². The first kappa shape index (κ1) is 31.1. The van der Waals surface area contributed by atoms with E-state index >= 15 is 0 Å². The van der Waals surface area contributed by atoms with Crippen molar-refractivity contribution in [2.24, 2.45) is 0 Å². The average Bonchev–Trinajstić information content (AvgIpc) is 3.10. The van der Waals surface area contributed by atoms with E-state index in [0.717, 1.165) is 33.2 Å². The third-order valence-corrected chi connectivity index (χ3v) is 9.35. The first-order valence-electron chi connectivity index (χ1n) is 15.8. The van der Waals surface area contributed by atoms with Gasteiger partial charge in [-0.15, -0.1) is 0 Å². The van der Waals surface area contributed by atoms with Crippen LogP contribution < -0.4 is 15.9 Å². The average molecular weight is 670 g/mol. The van der Waals surface area contributed by atoms with Crippen LogP contribution in [0.2, 0.25) is 0 Å². The zero-order valence-electron chi connectivity index (χ0n) is 26.7. The summed E-state index contributed by atoms with van der Waals surface area (Å²) < 4.78 is 52.4. The van der Waals surface area contributed by atoms with Crippen molar-refractivity contribution in [3.8, 4) is 22.6 Å². The largest absolute Gasteiger partial charge is 0.456 e. The maximum atomic E-state index is 14.0. The van der Waals surface area contributed by atoms with Crippen molar-refractivity contribution in [2.45, 2.75) is 26.4 Å². The molecule has 0 amide bonds. The number of nitrogens with zero attached hydrogens (tertiary/aromatic N) is 1. The molecule has 0 atom stereocenters. The van der Waals surface area contributed by atoms with Crippen LogP contribution in [0.25, 0.3) is 60.3 Å². The number of benzene rings is 6. The predicted octanol–water partition coefficient (Wildman–Crippen LogP) is 9.29. The summed E-state index contributed by atoms with van der Waals surface area (Å²) in [5, 5.41) is 3.16. The normalized spacial score (nSPS) is 12.0. The molecule has 6 nitrogen and oxygen atoms in total. The van der Waals surface area contributed by atoms with Gasteiger partial charge in [-0.05, 0) is 108 Å². The summed E-state index contributed by atoms with van der Waals surface area (Å²) in [5.74, 6) is 0.0731. The van der Waals surface area contributed by atoms with Crippen LogP contribution in [-0.4, -0.2) is 10.5 Å². The Bertz CT molecular complexity index is 2730. The Hall–Kier alpha value is -6.22. The van der Waals surface area contributed by atoms with Gasteiger partial charge in [-0.2, -0.15) is 13.2 Å². The van der Waals surface area contributed by atoms with E-state index < -0.39 is 28.8 Å². The smallest absolute Gasteiger partial charge is 0.416 e. The van der Waals surface area contributed by atoms with E-state index in [4.69, 9.17) is 9.15 Å². The van der Waals surface area contributed by atoms with Gasteiger partial charge in [0.15, 0.2) is 0 Å². The molecule has 0 unspecified atom stereocenters. The van der Waals surface area contributed by atoms with Gasteiger partial charge in [0.05, 0.1) is 17.7 Å². The second kappa shape index (κ2) is 11.4. The number of esters is 1. The van der Waals surface area contributed by atoms with E-state index in [1.54, 1.807) is 66.7 Å². The van der Waals surface area contributed by atoms with E-state index in [1.807, 2.05) is 32.0 Å². The zero-order chi connectivity index (χ0) is 34.9. The van der Waals surface area contributed by atoms with E-state index in [2.05, 4.69) is 0 Å². The van der Waals surface area contributed by atoms with Gasteiger partial charge in [0.2, 0.25) is 0 Å². The molecule has 0 aliphatic carbocycles. The number of hydrogen-bond donors (Lipinski definition) is 0. The molecule has 2 heterocycles. The first-order valence-corrected chi connectivity index (χ1v) is 15.8. The lowest BCUT2D eigenvalue weighted by Crippen LogP contribution is -2.31. The summed E-state index contributed by atoms with van der Waals surface area (Å²) in [5.41, 5.74) is 3.49. The molecule has 0 spiro atoms. The minimum absolute atomic E-state index is 0.00526. The molecule has 2 aromatic heterocycles. The van der Waals surface area contributed by atoms with Gasteiger partial charge in [-0.25, -0.2) is 4.57 Å². The summed E-state index contributed by atoms with van der Waals surface area (Å²) in [6, 6.07) is 29.3. The quantitative estimate of drug-likeness (QED) is 0.0790. The molecule has 246 valence electrons. The molecule has 0 aliphatic heterocycles. The minimum Gasteiger partial charge on any atom is -0.456 e. The van der Waals surface area contributed by atoms with Crippen LogP contribution in [0, 0.1) is 13.8 Å². The number of carbonyl (C=O) groups excluding carboxylic acids is 1. The minimum atomic E-state index is -4.44. The Morgan fingerprint density at radius 1 is 0.700 bits per heavy atom. The maximum absolute atomic E-state index is 14.0. The van der Waals surface area contributed by atoms with Crippen molar-refractivity contribution in [1.29, 1.82) is 0 Å². The molecule has 0 saturated heterocycles. The molecule has 0 aliphatic rings. The van der Waals surface area contributed by atoms with Crippen molar-refractivity contribution >= 4 is 49.5 Å². The monoisotopic (exact) mass is 669 g/mol. The van der Waals surface area contributed by atoms with Crippen LogP contribution in [0.4, 0.5) is 13.2 Å². The fourth-order valence-corrected chi connectivity index (χ4v) is 6.60. The molecule has 0 bridgehead atoms. The number of fused-ring (bicyclic) bond motifs is 2. The van der Waals surface area contributed by atoms with Crippen LogP contribution in [0.3, 0.4) is 0 Å². The third kappa shape index (κ3) is 5.09. The van der Waals surface area contributed by atoms with Gasteiger partial charge in [0, 0.05) is 26.9 Å². The van der Waals surface area contributed by atoms with Crippen molar-refractivity contribution in [3.05, 3.63) is 152 Å². The van der Waals surface area contributed by atoms with Crippen molar-refractivity contribution in [3.63, 3.8) is 0 Å². The number of aromatic nitrogens is 1. The summed E-state index contributed by atoms with van der Waals surface area (Å²) in [7, 11) is 0. The summed E-state index contributed by atoms with van der Waals surface area (Å²) in [4.78, 5) is 40.6. The second-order valence-corrected chi connectivity index (χ2v) is 12.4. The molecule has 9 heteroatoms. The maximum Gasteiger partial charge on any atom is 0.416 e. The Morgan fingerprint density at radius 2 is 1.34 bits per heavy atom. The third-order valence-electron chi connectivity index (χ3n) is 9.35. The van der Waals surface area contributed by atoms with Gasteiger partial charge in [0.1, 0.15) is 16.9 Å². The SMILES string of the molecule is Cc1cccc(OC(=O)Cc2ccc(-n3c(=O)c4ccc5oc6ccc(-c7ccc(C(F)(F)F)cc7)cc6c6ccc(c3=O)c4c56)cc2)c1C. The summed E-state index contributed by atoms with van der Waals surface area (Å²) >= 11 is 0. The number of alkyl halides is 3. The number of pyridine rings is 1. The number of aryl methyl sites for hydroxylation is 1. The molecule has 8 rings (SSSR count). The van der Waals surface area contributed by atoms with Crippen LogP contribution in [0.5, 0.6) is 5.75 Å². The van der Waals surface area contributed by atoms with Gasteiger partial charge >= 0.3 is 12.1 Å². The Labute approximate surface area is 281 Å². The zero-order valence-corrected chi connectivity index (χ0v) is 26.7. The molecular weight excluding hydrogens is 643 g/mol. The summed E-state index contributed by atoms with van der Waals surface area (Å²) in [6.07, 6.45) is -4.43. The number of rotatable bonds is 5. The van der Waals surface area contributed by atoms with E-state index in [1.165, 1.54) is 12.1 Å². The number of halogens is 3. The standard InChI is InChI=1S/C41H26F3NO5/c1-22-4-3-5-33(23(22)2)50-36(46)20-24-6-13-28(14-7-24)45-39(47)30-16-15-29-32-21-26(25-8-11-27(12-9-25)41(42,43)44)10-18-34(32)49-35-19-17-31(40(45)48)37(30)38(29)35/h3-19,21H,20H2,1-2H3. The fourth-order valence-electron chi connectivity index (χ4n) is 6.60. The molecular formula is C41H26F3NO5. The highest BCUT2D eigenvalue weighted by Crippen LogP contribution is 2.39. The van der Waals surface area contributed by atoms with Crippen LogP contribution in [0.15, 0.2) is 123 Å². The van der Waals surface area contributed by atoms with E-state index in [9.17, 15) is 27.6 Å². The molecule has 0 fully saturated rings. The fraction of sp³-hybridized carbons (Fsp3) is 0.0976. The predicted molar refractivity (Wildman–Crippen MR) is 187 cm³/mol. The number of hydrogen-bond acceptors (Lipinski definition) is 5. The topological polar surface area (TPSA) is 78.5 Å². The molecule has 6 aromatic carbocycles. The molecule has 50 heavy (non-hydrogen) atoms. The highest BCUT2D eigenvalue weighted by molar-refractivity contribution is 6.26. The lowest BCUT2D eigenvalue weighted by molar-refractivity contribution is -0.137. The summed E-state index contributed by atoms with van der Waals surface area (Å²) in [6.45, 7) is 3.83. The van der Waals surface area contributed by atoms with Crippen LogP contribution in [-0.2, 0) is 17.4 Å². The Balaban J connectivity index is 1.18. The van der Waals surface area contributed by atoms with Crippen LogP contribution in [0.1, 0.15) is 22.3 Å². The van der Waals surface area contributed by atoms with Gasteiger partial charge in [-0.3, -0.25) is 14.4 Å². The Kier molecular flexibility index (Phi) is 7.11. The second-order valence-electron chi connectivity index (χ2n) is 12.4. The van der Waals surface area contributed by atoms with Gasteiger partial charge in [-0.1, -0.05) is 48.5 Å². The first-order chi connectivity index (χ1) is 24.0. The highest BCUT2D eigenvalue weighted by atomic mass is 19.4. The lowest BCUT2D eigenvalue weighted by atomic mass is 9.95. The van der Waals surface area contributed by atoms with E-state index in [0.29, 0.717) is 66.2 Å². The molecule has 8 aromatic rings. The van der Waals surface area contributed by atoms with Crippen molar-refractivity contribution < 1.29 is 27.1 Å². The van der Waals surface area contributed by atoms with E-state index in [-0.39, 0.29) is 6.42 Å². The highest BCUT2D eigenvalue weighted by Gasteiger charge is 2.30. The molecule has 0 radical (unpaired) electrons. The molecule has 0 N–H and O–H groups in total. The Morgan fingerprint density at radius 3 is 2.04 bits per heavy atom.